The molecule has 0 radical (unpaired) electrons. The summed E-state index contributed by atoms with van der Waals surface area (Å²) >= 11 is 0. The van der Waals surface area contributed by atoms with E-state index in [1.54, 1.807) is 0 Å². The molecule has 2 heteroatoms. The predicted octanol–water partition coefficient (Wildman–Crippen LogP) is 4.00. The molecule has 1 fully saturated rings. The highest BCUT2D eigenvalue weighted by Gasteiger charge is 2.37. The van der Waals surface area contributed by atoms with Crippen LogP contribution in [0.3, 0.4) is 0 Å². The molecule has 0 aromatic heterocycles. The van der Waals surface area contributed by atoms with Crippen molar-refractivity contribution in [2.45, 2.75) is 78.9 Å². The van der Waals surface area contributed by atoms with Crippen LogP contribution in [-0.4, -0.2) is 25.3 Å². The molecule has 1 saturated carbocycles. The van der Waals surface area contributed by atoms with Crippen molar-refractivity contribution in [2.24, 2.45) is 11.3 Å². The minimum absolute atomic E-state index is 0.422. The zero-order valence-electron chi connectivity index (χ0n) is 13.1. The van der Waals surface area contributed by atoms with Gasteiger partial charge >= 0.3 is 0 Å². The largest absolute Gasteiger partial charge is 0.377 e. The second-order valence-corrected chi connectivity index (χ2v) is 6.41. The lowest BCUT2D eigenvalue weighted by molar-refractivity contribution is -0.0260. The van der Waals surface area contributed by atoms with E-state index >= 15 is 0 Å². The molecule has 0 spiro atoms. The van der Waals surface area contributed by atoms with Crippen LogP contribution in [0.5, 0.6) is 0 Å². The van der Waals surface area contributed by atoms with E-state index in [0.29, 0.717) is 17.6 Å². The maximum atomic E-state index is 6.00. The van der Waals surface area contributed by atoms with Crippen LogP contribution in [0, 0.1) is 11.3 Å². The van der Waals surface area contributed by atoms with Crippen molar-refractivity contribution in [2.75, 3.05) is 13.2 Å². The fourth-order valence-corrected chi connectivity index (χ4v) is 3.09. The Morgan fingerprint density at radius 2 is 1.89 bits per heavy atom. The Morgan fingerprint density at radius 1 is 1.17 bits per heavy atom. The van der Waals surface area contributed by atoms with E-state index in [4.69, 9.17) is 4.74 Å². The van der Waals surface area contributed by atoms with Crippen LogP contribution in [0.1, 0.15) is 66.7 Å². The number of ether oxygens (including phenoxy) is 1. The first-order valence-corrected chi connectivity index (χ1v) is 7.90. The first-order valence-electron chi connectivity index (χ1n) is 7.90. The molecule has 0 saturated heterocycles. The lowest BCUT2D eigenvalue weighted by atomic mass is 9.68. The van der Waals surface area contributed by atoms with Gasteiger partial charge in [-0.15, -0.1) is 0 Å². The summed E-state index contributed by atoms with van der Waals surface area (Å²) < 4.78 is 6.00. The number of hydrogen-bond acceptors (Lipinski definition) is 2. The van der Waals surface area contributed by atoms with Crippen molar-refractivity contribution >= 4 is 0 Å². The van der Waals surface area contributed by atoms with Crippen molar-refractivity contribution in [1.82, 2.24) is 5.32 Å². The highest BCUT2D eigenvalue weighted by atomic mass is 16.5. The summed E-state index contributed by atoms with van der Waals surface area (Å²) in [5.41, 5.74) is 0.463. The highest BCUT2D eigenvalue weighted by Crippen LogP contribution is 2.41. The topological polar surface area (TPSA) is 21.3 Å². The second kappa shape index (κ2) is 7.49. The SMILES string of the molecule is CCCNC1CCC(C(C)(C)CC)CC1OCC. The average molecular weight is 255 g/mol. The molecule has 1 aliphatic rings. The summed E-state index contributed by atoms with van der Waals surface area (Å²) in [4.78, 5) is 0. The minimum Gasteiger partial charge on any atom is -0.377 e. The smallest absolute Gasteiger partial charge is 0.0730 e. The lowest BCUT2D eigenvalue weighted by Crippen LogP contribution is -2.48. The molecule has 1 N–H and O–H groups in total. The first-order chi connectivity index (χ1) is 8.55. The van der Waals surface area contributed by atoms with E-state index in [1.807, 2.05) is 0 Å². The van der Waals surface area contributed by atoms with Crippen LogP contribution < -0.4 is 5.32 Å². The Balaban J connectivity index is 2.58. The van der Waals surface area contributed by atoms with Gasteiger partial charge in [0.15, 0.2) is 0 Å². The van der Waals surface area contributed by atoms with Gasteiger partial charge < -0.3 is 10.1 Å². The van der Waals surface area contributed by atoms with E-state index in [2.05, 4.69) is 39.9 Å². The Labute approximate surface area is 114 Å². The summed E-state index contributed by atoms with van der Waals surface area (Å²) in [6.07, 6.45) is 6.76. The lowest BCUT2D eigenvalue weighted by Gasteiger charge is -2.43. The molecule has 3 atom stereocenters. The third-order valence-corrected chi connectivity index (χ3v) is 4.85. The Morgan fingerprint density at radius 3 is 2.44 bits per heavy atom. The van der Waals surface area contributed by atoms with Gasteiger partial charge in [0.1, 0.15) is 0 Å². The zero-order valence-corrected chi connectivity index (χ0v) is 13.1. The van der Waals surface area contributed by atoms with Gasteiger partial charge in [0.25, 0.3) is 0 Å². The Kier molecular flexibility index (Phi) is 6.65. The van der Waals surface area contributed by atoms with Crippen LogP contribution in [-0.2, 0) is 4.74 Å². The average Bonchev–Trinajstić information content (AvgIpc) is 2.37. The monoisotopic (exact) mass is 255 g/mol. The molecule has 18 heavy (non-hydrogen) atoms. The molecule has 1 aliphatic carbocycles. The fraction of sp³-hybridized carbons (Fsp3) is 1.00. The van der Waals surface area contributed by atoms with E-state index in [-0.39, 0.29) is 0 Å². The zero-order chi connectivity index (χ0) is 13.6. The van der Waals surface area contributed by atoms with Gasteiger partial charge in [-0.05, 0) is 50.5 Å². The van der Waals surface area contributed by atoms with E-state index < -0.39 is 0 Å². The van der Waals surface area contributed by atoms with E-state index in [9.17, 15) is 0 Å². The minimum atomic E-state index is 0.422. The van der Waals surface area contributed by atoms with E-state index in [1.165, 1.54) is 32.1 Å². The van der Waals surface area contributed by atoms with Crippen LogP contribution >= 0.6 is 0 Å². The van der Waals surface area contributed by atoms with Crippen molar-refractivity contribution < 1.29 is 4.74 Å². The molecule has 0 aromatic carbocycles. The first kappa shape index (κ1) is 16.0. The molecule has 108 valence electrons. The summed E-state index contributed by atoms with van der Waals surface area (Å²) in [6.45, 7) is 13.5. The maximum absolute atomic E-state index is 6.00. The molecule has 0 aromatic rings. The van der Waals surface area contributed by atoms with Crippen LogP contribution in [0.2, 0.25) is 0 Å². The van der Waals surface area contributed by atoms with Crippen LogP contribution in [0.25, 0.3) is 0 Å². The summed E-state index contributed by atoms with van der Waals surface area (Å²) in [5, 5.41) is 3.67. The molecule has 1 rings (SSSR count). The van der Waals surface area contributed by atoms with Gasteiger partial charge in [0.2, 0.25) is 0 Å². The van der Waals surface area contributed by atoms with Crippen LogP contribution in [0.4, 0.5) is 0 Å². The van der Waals surface area contributed by atoms with Gasteiger partial charge in [-0.2, -0.15) is 0 Å². The van der Waals surface area contributed by atoms with Gasteiger partial charge in [-0.1, -0.05) is 34.1 Å². The number of rotatable bonds is 7. The molecule has 0 heterocycles. The Hall–Kier alpha value is -0.0800. The maximum Gasteiger partial charge on any atom is 0.0730 e. The van der Waals surface area contributed by atoms with Crippen LogP contribution in [0.15, 0.2) is 0 Å². The predicted molar refractivity (Wildman–Crippen MR) is 78.9 cm³/mol. The molecular weight excluding hydrogens is 222 g/mol. The fourth-order valence-electron chi connectivity index (χ4n) is 3.09. The molecule has 2 nitrogen and oxygen atoms in total. The van der Waals surface area contributed by atoms with Gasteiger partial charge in [0.05, 0.1) is 6.10 Å². The van der Waals surface area contributed by atoms with E-state index in [0.717, 1.165) is 19.1 Å². The quantitative estimate of drug-likeness (QED) is 0.742. The normalized spacial score (nSPS) is 29.5. The molecule has 0 amide bonds. The number of nitrogens with one attached hydrogen (secondary N) is 1. The highest BCUT2D eigenvalue weighted by molar-refractivity contribution is 4.90. The third-order valence-electron chi connectivity index (χ3n) is 4.85. The molecule has 3 unspecified atom stereocenters. The van der Waals surface area contributed by atoms with Crippen molar-refractivity contribution in [3.05, 3.63) is 0 Å². The third kappa shape index (κ3) is 4.24. The number of hydrogen-bond donors (Lipinski definition) is 1. The standard InChI is InChI=1S/C16H33NO/c1-6-11-17-14-10-9-13(16(4,5)7-2)12-15(14)18-8-3/h13-15,17H,6-12H2,1-5H3. The van der Waals surface area contributed by atoms with Crippen molar-refractivity contribution in [1.29, 1.82) is 0 Å². The second-order valence-electron chi connectivity index (χ2n) is 6.41. The van der Waals surface area contributed by atoms with Crippen molar-refractivity contribution in [3.8, 4) is 0 Å². The Bertz CT molecular complexity index is 227. The molecular formula is C16H33NO. The van der Waals surface area contributed by atoms with Gasteiger partial charge in [-0.3, -0.25) is 0 Å². The summed E-state index contributed by atoms with van der Waals surface area (Å²) in [5.74, 6) is 0.818. The van der Waals surface area contributed by atoms with Gasteiger partial charge in [-0.25, -0.2) is 0 Å². The molecule has 0 bridgehead atoms. The summed E-state index contributed by atoms with van der Waals surface area (Å²) in [6, 6.07) is 0.578. The summed E-state index contributed by atoms with van der Waals surface area (Å²) in [7, 11) is 0. The van der Waals surface area contributed by atoms with Gasteiger partial charge in [0, 0.05) is 12.6 Å². The van der Waals surface area contributed by atoms with Crippen molar-refractivity contribution in [3.63, 3.8) is 0 Å². The molecule has 0 aliphatic heterocycles.